The van der Waals surface area contributed by atoms with Gasteiger partial charge < -0.3 is 0 Å². The highest BCUT2D eigenvalue weighted by Crippen LogP contribution is 2.25. The predicted octanol–water partition coefficient (Wildman–Crippen LogP) is 3.87. The van der Waals surface area contributed by atoms with E-state index in [4.69, 9.17) is 0 Å². The molecule has 0 heterocycles. The Hall–Kier alpha value is -0.950. The summed E-state index contributed by atoms with van der Waals surface area (Å²) >= 11 is 1.76. The molecule has 0 saturated carbocycles. The third-order valence-corrected chi connectivity index (χ3v) is 2.34. The SMILES string of the molecule is C=C/C=C(/C)Sc1ccccc1. The van der Waals surface area contributed by atoms with Gasteiger partial charge in [0, 0.05) is 4.90 Å². The van der Waals surface area contributed by atoms with Gasteiger partial charge in [0.2, 0.25) is 0 Å². The first kappa shape index (κ1) is 9.14. The smallest absolute Gasteiger partial charge is 0.0118 e. The average Bonchev–Trinajstić information content (AvgIpc) is 2.06. The largest absolute Gasteiger partial charge is 0.0990 e. The van der Waals surface area contributed by atoms with Crippen LogP contribution in [0.1, 0.15) is 6.92 Å². The summed E-state index contributed by atoms with van der Waals surface area (Å²) < 4.78 is 0. The van der Waals surface area contributed by atoms with E-state index < -0.39 is 0 Å². The van der Waals surface area contributed by atoms with Crippen LogP contribution in [0.5, 0.6) is 0 Å². The molecule has 0 aromatic heterocycles. The quantitative estimate of drug-likeness (QED) is 0.497. The van der Waals surface area contributed by atoms with Crippen molar-refractivity contribution < 1.29 is 0 Å². The van der Waals surface area contributed by atoms with E-state index >= 15 is 0 Å². The highest BCUT2D eigenvalue weighted by molar-refractivity contribution is 8.03. The van der Waals surface area contributed by atoms with Crippen LogP contribution in [0.15, 0.2) is 58.9 Å². The molecule has 0 atom stereocenters. The molecule has 0 spiro atoms. The zero-order valence-electron chi connectivity index (χ0n) is 7.16. The molecular weight excluding hydrogens is 164 g/mol. The van der Waals surface area contributed by atoms with E-state index in [0.717, 1.165) is 0 Å². The lowest BCUT2D eigenvalue weighted by Gasteiger charge is -1.98. The van der Waals surface area contributed by atoms with Gasteiger partial charge in [-0.15, -0.1) is 0 Å². The van der Waals surface area contributed by atoms with Gasteiger partial charge in [-0.3, -0.25) is 0 Å². The van der Waals surface area contributed by atoms with Crippen molar-refractivity contribution in [3.05, 3.63) is 54.0 Å². The number of hydrogen-bond donors (Lipinski definition) is 0. The Balaban J connectivity index is 2.64. The van der Waals surface area contributed by atoms with Crippen LogP contribution in [-0.2, 0) is 0 Å². The van der Waals surface area contributed by atoms with Gasteiger partial charge in [-0.05, 0) is 24.0 Å². The van der Waals surface area contributed by atoms with Crippen LogP contribution in [-0.4, -0.2) is 0 Å². The summed E-state index contributed by atoms with van der Waals surface area (Å²) in [5.74, 6) is 0. The van der Waals surface area contributed by atoms with Crippen molar-refractivity contribution >= 4 is 11.8 Å². The summed E-state index contributed by atoms with van der Waals surface area (Å²) in [4.78, 5) is 2.53. The molecule has 62 valence electrons. The average molecular weight is 176 g/mol. The van der Waals surface area contributed by atoms with E-state index in [1.807, 2.05) is 30.4 Å². The van der Waals surface area contributed by atoms with Crippen molar-refractivity contribution in [1.29, 1.82) is 0 Å². The van der Waals surface area contributed by atoms with Gasteiger partial charge in [-0.25, -0.2) is 0 Å². The van der Waals surface area contributed by atoms with E-state index in [1.165, 1.54) is 9.80 Å². The van der Waals surface area contributed by atoms with Crippen molar-refractivity contribution in [1.82, 2.24) is 0 Å². The van der Waals surface area contributed by atoms with Crippen LogP contribution >= 0.6 is 11.8 Å². The fraction of sp³-hybridized carbons (Fsp3) is 0.0909. The zero-order chi connectivity index (χ0) is 8.81. The minimum absolute atomic E-state index is 1.26. The molecule has 0 nitrogen and oxygen atoms in total. The number of hydrogen-bond acceptors (Lipinski definition) is 1. The van der Waals surface area contributed by atoms with Gasteiger partial charge in [0.15, 0.2) is 0 Å². The normalized spacial score (nSPS) is 11.2. The molecule has 0 bridgehead atoms. The van der Waals surface area contributed by atoms with E-state index in [0.29, 0.717) is 0 Å². The van der Waals surface area contributed by atoms with E-state index in [-0.39, 0.29) is 0 Å². The number of rotatable bonds is 3. The van der Waals surface area contributed by atoms with E-state index in [9.17, 15) is 0 Å². The summed E-state index contributed by atoms with van der Waals surface area (Å²) in [6, 6.07) is 10.3. The minimum atomic E-state index is 1.26. The maximum Gasteiger partial charge on any atom is 0.0118 e. The Labute approximate surface area is 78.0 Å². The fourth-order valence-electron chi connectivity index (χ4n) is 0.874. The van der Waals surface area contributed by atoms with Gasteiger partial charge in [-0.1, -0.05) is 48.7 Å². The van der Waals surface area contributed by atoms with Crippen LogP contribution in [0.2, 0.25) is 0 Å². The van der Waals surface area contributed by atoms with Crippen molar-refractivity contribution in [2.45, 2.75) is 11.8 Å². The van der Waals surface area contributed by atoms with Gasteiger partial charge >= 0.3 is 0 Å². The van der Waals surface area contributed by atoms with Crippen LogP contribution in [0, 0.1) is 0 Å². The molecule has 0 saturated heterocycles. The molecule has 0 amide bonds. The van der Waals surface area contributed by atoms with Gasteiger partial charge in [-0.2, -0.15) is 0 Å². The second kappa shape index (κ2) is 4.83. The third-order valence-electron chi connectivity index (χ3n) is 1.37. The van der Waals surface area contributed by atoms with Crippen molar-refractivity contribution in [3.8, 4) is 0 Å². The second-order valence-corrected chi connectivity index (χ2v) is 3.75. The zero-order valence-corrected chi connectivity index (χ0v) is 7.97. The van der Waals surface area contributed by atoms with Gasteiger partial charge in [0.1, 0.15) is 0 Å². The van der Waals surface area contributed by atoms with Crippen LogP contribution < -0.4 is 0 Å². The summed E-state index contributed by atoms with van der Waals surface area (Å²) in [6.07, 6.45) is 3.82. The van der Waals surface area contributed by atoms with Crippen LogP contribution in [0.3, 0.4) is 0 Å². The van der Waals surface area contributed by atoms with Crippen molar-refractivity contribution in [2.24, 2.45) is 0 Å². The highest BCUT2D eigenvalue weighted by Gasteiger charge is 1.91. The number of allylic oxidation sites excluding steroid dienone is 3. The molecule has 0 fully saturated rings. The Bertz CT molecular complexity index is 272. The van der Waals surface area contributed by atoms with Crippen molar-refractivity contribution in [2.75, 3.05) is 0 Å². The summed E-state index contributed by atoms with van der Waals surface area (Å²) in [5, 5.41) is 0. The maximum atomic E-state index is 3.65. The minimum Gasteiger partial charge on any atom is -0.0990 e. The lowest BCUT2D eigenvalue weighted by atomic mass is 10.4. The molecule has 0 unspecified atom stereocenters. The van der Waals surface area contributed by atoms with Crippen molar-refractivity contribution in [3.63, 3.8) is 0 Å². The topological polar surface area (TPSA) is 0 Å². The molecule has 0 aliphatic heterocycles. The Morgan fingerprint density at radius 2 is 2.00 bits per heavy atom. The predicted molar refractivity (Wildman–Crippen MR) is 56.3 cm³/mol. The number of benzene rings is 1. The second-order valence-electron chi connectivity index (χ2n) is 2.43. The lowest BCUT2D eigenvalue weighted by molar-refractivity contribution is 1.46. The van der Waals surface area contributed by atoms with Gasteiger partial charge in [0.25, 0.3) is 0 Å². The molecule has 1 aromatic rings. The van der Waals surface area contributed by atoms with E-state index in [2.05, 4.69) is 25.6 Å². The molecule has 0 radical (unpaired) electrons. The molecular formula is C11H12S. The molecule has 1 aromatic carbocycles. The summed E-state index contributed by atoms with van der Waals surface area (Å²) in [5.41, 5.74) is 0. The Kier molecular flexibility index (Phi) is 3.68. The standard InChI is InChI=1S/C11H12S/c1-3-7-10(2)12-11-8-5-4-6-9-11/h3-9H,1H2,2H3/b10-7-. The Morgan fingerprint density at radius 3 is 2.58 bits per heavy atom. The molecule has 0 aliphatic carbocycles. The molecule has 0 N–H and O–H groups in total. The molecule has 0 aliphatic rings. The van der Waals surface area contributed by atoms with Gasteiger partial charge in [0.05, 0.1) is 0 Å². The molecule has 1 heteroatoms. The first-order chi connectivity index (χ1) is 5.83. The monoisotopic (exact) mass is 176 g/mol. The van der Waals surface area contributed by atoms with Crippen LogP contribution in [0.4, 0.5) is 0 Å². The Morgan fingerprint density at radius 1 is 1.33 bits per heavy atom. The highest BCUT2D eigenvalue weighted by atomic mass is 32.2. The molecule has 12 heavy (non-hydrogen) atoms. The summed E-state index contributed by atoms with van der Waals surface area (Å²) in [7, 11) is 0. The number of thioether (sulfide) groups is 1. The third kappa shape index (κ3) is 2.97. The first-order valence-corrected chi connectivity index (χ1v) is 4.67. The summed E-state index contributed by atoms with van der Waals surface area (Å²) in [6.45, 7) is 5.74. The molecule has 1 rings (SSSR count). The first-order valence-electron chi connectivity index (χ1n) is 3.85. The van der Waals surface area contributed by atoms with Crippen LogP contribution in [0.25, 0.3) is 0 Å². The lowest BCUT2D eigenvalue weighted by Crippen LogP contribution is -1.69. The van der Waals surface area contributed by atoms with E-state index in [1.54, 1.807) is 11.8 Å². The fourth-order valence-corrected chi connectivity index (χ4v) is 1.70. The maximum absolute atomic E-state index is 3.65.